The van der Waals surface area contributed by atoms with Gasteiger partial charge < -0.3 is 10.8 Å². The van der Waals surface area contributed by atoms with Crippen molar-refractivity contribution in [1.82, 2.24) is 0 Å². The van der Waals surface area contributed by atoms with Crippen LogP contribution in [-0.4, -0.2) is 11.2 Å². The van der Waals surface area contributed by atoms with Gasteiger partial charge in [-0.15, -0.1) is 0 Å². The van der Waals surface area contributed by atoms with E-state index in [2.05, 4.69) is 32.0 Å². The van der Waals surface area contributed by atoms with E-state index in [9.17, 15) is 5.11 Å². The number of unbranched alkanes of at least 4 members (excludes halogenated alkanes) is 14. The Labute approximate surface area is 229 Å². The van der Waals surface area contributed by atoms with Crippen molar-refractivity contribution < 1.29 is 5.11 Å². The number of fused-ring (bicyclic) bond motifs is 5. The molecule has 0 heterocycles. The minimum Gasteiger partial charge on any atom is -0.399 e. The van der Waals surface area contributed by atoms with Gasteiger partial charge in [-0.1, -0.05) is 116 Å². The number of aliphatic hydroxyl groups excluding tert-OH is 1. The molecular weight excluding hydrogens is 450 g/mol. The second kappa shape index (κ2) is 14.4. The average Bonchev–Trinajstić information content (AvgIpc) is 3.20. The summed E-state index contributed by atoms with van der Waals surface area (Å²) in [5.74, 6) is 2.93. The third-order valence-electron chi connectivity index (χ3n) is 11.1. The first-order valence-electron chi connectivity index (χ1n) is 16.6. The zero-order valence-electron chi connectivity index (χ0n) is 24.5. The van der Waals surface area contributed by atoms with Gasteiger partial charge in [0.05, 0.1) is 6.10 Å². The van der Waals surface area contributed by atoms with Gasteiger partial charge in [0.1, 0.15) is 0 Å². The summed E-state index contributed by atoms with van der Waals surface area (Å²) in [6.45, 7) is 4.71. The Balaban J connectivity index is 1.16. The van der Waals surface area contributed by atoms with Crippen molar-refractivity contribution in [2.24, 2.45) is 23.2 Å². The van der Waals surface area contributed by atoms with Crippen molar-refractivity contribution in [2.45, 2.75) is 161 Å². The molecule has 2 saturated carbocycles. The fourth-order valence-corrected chi connectivity index (χ4v) is 8.84. The number of aliphatic hydroxyl groups is 1. The van der Waals surface area contributed by atoms with Gasteiger partial charge in [0.25, 0.3) is 0 Å². The van der Waals surface area contributed by atoms with Crippen molar-refractivity contribution in [3.8, 4) is 0 Å². The Morgan fingerprint density at radius 3 is 2.03 bits per heavy atom. The van der Waals surface area contributed by atoms with Crippen molar-refractivity contribution in [1.29, 1.82) is 0 Å². The van der Waals surface area contributed by atoms with Crippen LogP contribution in [0.1, 0.15) is 159 Å². The quantitative estimate of drug-likeness (QED) is 0.172. The van der Waals surface area contributed by atoms with Crippen molar-refractivity contribution >= 4 is 5.69 Å². The maximum atomic E-state index is 10.9. The molecule has 4 unspecified atom stereocenters. The van der Waals surface area contributed by atoms with Gasteiger partial charge in [-0.3, -0.25) is 0 Å². The van der Waals surface area contributed by atoms with Gasteiger partial charge >= 0.3 is 0 Å². The molecule has 0 amide bonds. The van der Waals surface area contributed by atoms with Gasteiger partial charge in [-0.05, 0) is 90.9 Å². The van der Waals surface area contributed by atoms with Crippen LogP contribution in [0.25, 0.3) is 0 Å². The summed E-state index contributed by atoms with van der Waals surface area (Å²) < 4.78 is 0. The van der Waals surface area contributed by atoms with Crippen LogP contribution in [0.15, 0.2) is 18.2 Å². The largest absolute Gasteiger partial charge is 0.399 e. The highest BCUT2D eigenvalue weighted by molar-refractivity contribution is 5.48. The smallest absolute Gasteiger partial charge is 0.0596 e. The zero-order valence-corrected chi connectivity index (χ0v) is 24.5. The van der Waals surface area contributed by atoms with Crippen molar-refractivity contribution in [3.05, 3.63) is 29.3 Å². The van der Waals surface area contributed by atoms with E-state index in [1.165, 1.54) is 134 Å². The van der Waals surface area contributed by atoms with E-state index in [4.69, 9.17) is 5.73 Å². The lowest BCUT2D eigenvalue weighted by molar-refractivity contribution is -0.0396. The first-order valence-corrected chi connectivity index (χ1v) is 16.6. The third-order valence-corrected chi connectivity index (χ3v) is 11.1. The van der Waals surface area contributed by atoms with Gasteiger partial charge in [0, 0.05) is 5.69 Å². The van der Waals surface area contributed by atoms with Crippen molar-refractivity contribution in [3.63, 3.8) is 0 Å². The van der Waals surface area contributed by atoms with E-state index < -0.39 is 0 Å². The highest BCUT2D eigenvalue weighted by Gasteiger charge is 2.56. The zero-order chi connectivity index (χ0) is 26.1. The molecule has 2 heteroatoms. The maximum Gasteiger partial charge on any atom is 0.0596 e. The molecule has 3 aliphatic carbocycles. The van der Waals surface area contributed by atoms with Crippen LogP contribution in [0.5, 0.6) is 0 Å². The molecule has 0 saturated heterocycles. The molecule has 2 fully saturated rings. The summed E-state index contributed by atoms with van der Waals surface area (Å²) in [4.78, 5) is 0. The molecule has 210 valence electrons. The summed E-state index contributed by atoms with van der Waals surface area (Å²) >= 11 is 0. The van der Waals surface area contributed by atoms with E-state index in [1.807, 2.05) is 0 Å². The van der Waals surface area contributed by atoms with E-state index in [-0.39, 0.29) is 11.5 Å². The summed E-state index contributed by atoms with van der Waals surface area (Å²) in [6, 6.07) is 6.75. The standard InChI is InChI=1S/C35H59NO/c1-3-4-5-6-7-8-9-10-11-12-13-14-15-16-17-18-27-25-28-26-29(36)19-20-30(28)31-23-24-35(2)32(34(27)31)21-22-33(35)37/h19-20,26-27,31-34,37H,3-18,21-25,36H2,1-2H3/t27-,31?,32?,33?,34?,35+/m1/s1. The van der Waals surface area contributed by atoms with Crippen molar-refractivity contribution in [2.75, 3.05) is 5.73 Å². The van der Waals surface area contributed by atoms with Gasteiger partial charge in [0.2, 0.25) is 0 Å². The number of hydrogen-bond donors (Lipinski definition) is 2. The summed E-state index contributed by atoms with van der Waals surface area (Å²) in [6.07, 6.45) is 28.7. The summed E-state index contributed by atoms with van der Waals surface area (Å²) in [5, 5.41) is 10.9. The van der Waals surface area contributed by atoms with E-state index in [0.717, 1.165) is 23.9 Å². The number of nitrogens with two attached hydrogens (primary N) is 1. The Morgan fingerprint density at radius 1 is 0.811 bits per heavy atom. The van der Waals surface area contributed by atoms with Gasteiger partial charge in [-0.25, -0.2) is 0 Å². The lowest BCUT2D eigenvalue weighted by atomic mass is 9.52. The topological polar surface area (TPSA) is 46.2 Å². The van der Waals surface area contributed by atoms with Gasteiger partial charge in [-0.2, -0.15) is 0 Å². The summed E-state index contributed by atoms with van der Waals surface area (Å²) in [5.41, 5.74) is 10.4. The second-order valence-corrected chi connectivity index (χ2v) is 13.6. The highest BCUT2D eigenvalue weighted by Crippen LogP contribution is 2.62. The molecule has 1 aromatic rings. The molecule has 3 N–H and O–H groups in total. The molecular formula is C35H59NO. The molecule has 4 rings (SSSR count). The minimum absolute atomic E-state index is 0.0855. The number of anilines is 1. The van der Waals surface area contributed by atoms with Gasteiger partial charge in [0.15, 0.2) is 0 Å². The lowest BCUT2D eigenvalue weighted by Gasteiger charge is -2.53. The molecule has 0 aromatic heterocycles. The van der Waals surface area contributed by atoms with Crippen LogP contribution in [0, 0.1) is 23.2 Å². The molecule has 1 aromatic carbocycles. The monoisotopic (exact) mass is 509 g/mol. The Kier molecular flexibility index (Phi) is 11.3. The minimum atomic E-state index is -0.0855. The average molecular weight is 510 g/mol. The Morgan fingerprint density at radius 2 is 1.41 bits per heavy atom. The molecule has 3 aliphatic rings. The van der Waals surface area contributed by atoms with Crippen LogP contribution in [0.3, 0.4) is 0 Å². The number of hydrogen-bond acceptors (Lipinski definition) is 2. The lowest BCUT2D eigenvalue weighted by Crippen LogP contribution is -2.47. The third kappa shape index (κ3) is 7.34. The SMILES string of the molecule is CCCCCCCCCCCCCCCCC[C@@H]1Cc2cc(N)ccc2C2CC[C@]3(C)C(O)CCC3C21. The highest BCUT2D eigenvalue weighted by atomic mass is 16.3. The predicted octanol–water partition coefficient (Wildman–Crippen LogP) is 9.97. The summed E-state index contributed by atoms with van der Waals surface area (Å²) in [7, 11) is 0. The van der Waals surface area contributed by atoms with E-state index in [0.29, 0.717) is 11.8 Å². The molecule has 0 radical (unpaired) electrons. The van der Waals surface area contributed by atoms with Crippen LogP contribution in [0.2, 0.25) is 0 Å². The molecule has 37 heavy (non-hydrogen) atoms. The number of benzene rings is 1. The predicted molar refractivity (Wildman–Crippen MR) is 160 cm³/mol. The first kappa shape index (κ1) is 29.0. The fourth-order valence-electron chi connectivity index (χ4n) is 8.84. The number of nitrogen functional groups attached to an aromatic ring is 1. The fraction of sp³-hybridized carbons (Fsp3) is 0.829. The molecule has 2 nitrogen and oxygen atoms in total. The van der Waals surface area contributed by atoms with Crippen LogP contribution in [-0.2, 0) is 6.42 Å². The van der Waals surface area contributed by atoms with Crippen LogP contribution in [0.4, 0.5) is 5.69 Å². The Bertz CT molecular complexity index is 804. The normalized spacial score (nSPS) is 30.6. The van der Waals surface area contributed by atoms with E-state index in [1.54, 1.807) is 5.56 Å². The first-order chi connectivity index (χ1) is 18.0. The molecule has 0 aliphatic heterocycles. The van der Waals surface area contributed by atoms with Crippen LogP contribution < -0.4 is 5.73 Å². The molecule has 0 bridgehead atoms. The van der Waals surface area contributed by atoms with E-state index >= 15 is 0 Å². The maximum absolute atomic E-state index is 10.9. The number of rotatable bonds is 16. The Hall–Kier alpha value is -1.02. The molecule has 6 atom stereocenters. The second-order valence-electron chi connectivity index (χ2n) is 13.6. The molecule has 0 spiro atoms. The van der Waals surface area contributed by atoms with Crippen LogP contribution >= 0.6 is 0 Å².